The molecule has 5 heteroatoms. The number of methoxy groups -OCH3 is 1. The number of hydrogen-bond donors (Lipinski definition) is 1. The van der Waals surface area contributed by atoms with Gasteiger partial charge < -0.3 is 9.84 Å². The van der Waals surface area contributed by atoms with E-state index in [0.717, 1.165) is 29.0 Å². The first-order chi connectivity index (χ1) is 9.55. The smallest absolute Gasteiger partial charge is 0.354 e. The van der Waals surface area contributed by atoms with Gasteiger partial charge in [0.2, 0.25) is 0 Å². The van der Waals surface area contributed by atoms with Crippen molar-refractivity contribution in [2.45, 2.75) is 26.8 Å². The Labute approximate surface area is 117 Å². The van der Waals surface area contributed by atoms with E-state index in [1.165, 1.54) is 4.68 Å². The van der Waals surface area contributed by atoms with Crippen LogP contribution in [0.15, 0.2) is 24.3 Å². The summed E-state index contributed by atoms with van der Waals surface area (Å²) in [5, 5.41) is 13.5. The van der Waals surface area contributed by atoms with Crippen LogP contribution in [0.2, 0.25) is 0 Å². The Bertz CT molecular complexity index is 632. The number of aromatic nitrogens is 2. The number of aryl methyl sites for hydroxylation is 2. The van der Waals surface area contributed by atoms with Crippen molar-refractivity contribution in [3.05, 3.63) is 46.8 Å². The van der Waals surface area contributed by atoms with Gasteiger partial charge in [0, 0.05) is 0 Å². The topological polar surface area (TPSA) is 64.3 Å². The van der Waals surface area contributed by atoms with E-state index in [-0.39, 0.29) is 5.69 Å². The van der Waals surface area contributed by atoms with E-state index in [0.29, 0.717) is 6.54 Å². The first kappa shape index (κ1) is 14.1. The van der Waals surface area contributed by atoms with Gasteiger partial charge in [0.05, 0.1) is 19.3 Å². The van der Waals surface area contributed by atoms with Gasteiger partial charge in [0.25, 0.3) is 0 Å². The molecule has 0 aliphatic heterocycles. The fourth-order valence-electron chi connectivity index (χ4n) is 2.15. The Hall–Kier alpha value is -2.30. The zero-order valence-electron chi connectivity index (χ0n) is 11.9. The fourth-order valence-corrected chi connectivity index (χ4v) is 2.15. The molecule has 5 nitrogen and oxygen atoms in total. The predicted molar refractivity (Wildman–Crippen MR) is 75.4 cm³/mol. The molecule has 20 heavy (non-hydrogen) atoms. The quantitative estimate of drug-likeness (QED) is 0.910. The average molecular weight is 274 g/mol. The fraction of sp³-hybridized carbons (Fsp3) is 0.333. The maximum atomic E-state index is 11.2. The first-order valence-corrected chi connectivity index (χ1v) is 6.48. The maximum absolute atomic E-state index is 11.2. The van der Waals surface area contributed by atoms with E-state index < -0.39 is 5.97 Å². The number of carbonyl (C=O) groups is 1. The van der Waals surface area contributed by atoms with Gasteiger partial charge in [-0.15, -0.1) is 0 Å². The van der Waals surface area contributed by atoms with Crippen molar-refractivity contribution in [1.29, 1.82) is 0 Å². The van der Waals surface area contributed by atoms with Crippen molar-refractivity contribution in [1.82, 2.24) is 9.78 Å². The number of hydrogen-bond acceptors (Lipinski definition) is 3. The predicted octanol–water partition coefficient (Wildman–Crippen LogP) is 2.51. The Morgan fingerprint density at radius 3 is 2.70 bits per heavy atom. The Morgan fingerprint density at radius 1 is 1.40 bits per heavy atom. The third kappa shape index (κ3) is 2.82. The highest BCUT2D eigenvalue weighted by atomic mass is 16.5. The van der Waals surface area contributed by atoms with Crippen molar-refractivity contribution >= 4 is 5.97 Å². The van der Waals surface area contributed by atoms with E-state index in [9.17, 15) is 9.90 Å². The molecule has 2 aromatic rings. The highest BCUT2D eigenvalue weighted by Gasteiger charge is 2.14. The monoisotopic (exact) mass is 274 g/mol. The molecule has 1 aromatic heterocycles. The molecule has 0 radical (unpaired) electrons. The van der Waals surface area contributed by atoms with Crippen molar-refractivity contribution in [2.24, 2.45) is 0 Å². The summed E-state index contributed by atoms with van der Waals surface area (Å²) < 4.78 is 6.75. The number of carboxylic acids is 1. The summed E-state index contributed by atoms with van der Waals surface area (Å²) in [5.41, 5.74) is 3.02. The second-order valence-corrected chi connectivity index (χ2v) is 4.64. The van der Waals surface area contributed by atoms with Gasteiger partial charge in [-0.25, -0.2) is 4.79 Å². The highest BCUT2D eigenvalue weighted by molar-refractivity contribution is 5.85. The van der Waals surface area contributed by atoms with Crippen molar-refractivity contribution in [3.63, 3.8) is 0 Å². The third-order valence-corrected chi connectivity index (χ3v) is 3.20. The molecule has 106 valence electrons. The minimum absolute atomic E-state index is 0.218. The average Bonchev–Trinajstić information content (AvgIpc) is 2.82. The molecular weight excluding hydrogens is 256 g/mol. The molecule has 0 saturated carbocycles. The second-order valence-electron chi connectivity index (χ2n) is 4.64. The van der Waals surface area contributed by atoms with Crippen LogP contribution in [0, 0.1) is 6.92 Å². The van der Waals surface area contributed by atoms with Crippen molar-refractivity contribution in [3.8, 4) is 5.75 Å². The summed E-state index contributed by atoms with van der Waals surface area (Å²) in [6, 6.07) is 7.41. The minimum atomic E-state index is -0.956. The van der Waals surface area contributed by atoms with Gasteiger partial charge in [-0.1, -0.05) is 19.1 Å². The SMILES string of the molecule is CCc1cc(C(=O)O)n(Cc2ccc(OC)c(C)c2)n1. The Morgan fingerprint density at radius 2 is 2.15 bits per heavy atom. The summed E-state index contributed by atoms with van der Waals surface area (Å²) in [7, 11) is 1.63. The van der Waals surface area contributed by atoms with Crippen LogP contribution in [0.4, 0.5) is 0 Å². The minimum Gasteiger partial charge on any atom is -0.496 e. The number of ether oxygens (including phenoxy) is 1. The summed E-state index contributed by atoms with van der Waals surface area (Å²) >= 11 is 0. The Balaban J connectivity index is 2.31. The van der Waals surface area contributed by atoms with E-state index in [1.54, 1.807) is 13.2 Å². The molecule has 0 saturated heterocycles. The lowest BCUT2D eigenvalue weighted by Gasteiger charge is -2.08. The number of aromatic carboxylic acids is 1. The van der Waals surface area contributed by atoms with Crippen LogP contribution >= 0.6 is 0 Å². The van der Waals surface area contributed by atoms with Crippen LogP contribution in [0.1, 0.15) is 34.2 Å². The molecule has 1 aromatic carbocycles. The lowest BCUT2D eigenvalue weighted by molar-refractivity contribution is 0.0684. The second kappa shape index (κ2) is 5.77. The molecule has 2 rings (SSSR count). The number of carboxylic acid groups (broad SMARTS) is 1. The van der Waals surface area contributed by atoms with Crippen LogP contribution < -0.4 is 4.74 Å². The third-order valence-electron chi connectivity index (χ3n) is 3.20. The van der Waals surface area contributed by atoms with Crippen molar-refractivity contribution < 1.29 is 14.6 Å². The maximum Gasteiger partial charge on any atom is 0.354 e. The largest absolute Gasteiger partial charge is 0.496 e. The summed E-state index contributed by atoms with van der Waals surface area (Å²) in [5.74, 6) is -0.135. The van der Waals surface area contributed by atoms with Crippen LogP contribution in [0.3, 0.4) is 0 Å². The molecular formula is C15H18N2O3. The van der Waals surface area contributed by atoms with E-state index in [1.807, 2.05) is 32.0 Å². The van der Waals surface area contributed by atoms with E-state index in [4.69, 9.17) is 4.74 Å². The zero-order valence-corrected chi connectivity index (χ0v) is 11.9. The van der Waals surface area contributed by atoms with Crippen LogP contribution in [0.25, 0.3) is 0 Å². The van der Waals surface area contributed by atoms with Gasteiger partial charge in [-0.2, -0.15) is 5.10 Å². The Kier molecular flexibility index (Phi) is 4.08. The lowest BCUT2D eigenvalue weighted by atomic mass is 10.1. The lowest BCUT2D eigenvalue weighted by Crippen LogP contribution is -2.11. The molecule has 1 heterocycles. The number of rotatable bonds is 5. The van der Waals surface area contributed by atoms with Gasteiger partial charge in [-0.3, -0.25) is 4.68 Å². The summed E-state index contributed by atoms with van der Waals surface area (Å²) in [4.78, 5) is 11.2. The van der Waals surface area contributed by atoms with Crippen molar-refractivity contribution in [2.75, 3.05) is 7.11 Å². The van der Waals surface area contributed by atoms with Crippen LogP contribution in [-0.2, 0) is 13.0 Å². The summed E-state index contributed by atoms with van der Waals surface area (Å²) in [6.45, 7) is 4.35. The molecule has 1 N–H and O–H groups in total. The molecule has 0 bridgehead atoms. The molecule has 0 fully saturated rings. The van der Waals surface area contributed by atoms with Crippen LogP contribution in [0.5, 0.6) is 5.75 Å². The van der Waals surface area contributed by atoms with E-state index >= 15 is 0 Å². The van der Waals surface area contributed by atoms with Gasteiger partial charge in [0.1, 0.15) is 11.4 Å². The van der Waals surface area contributed by atoms with Crippen LogP contribution in [-0.4, -0.2) is 28.0 Å². The standard InChI is InChI=1S/C15H18N2O3/c1-4-12-8-13(15(18)19)17(16-12)9-11-5-6-14(20-3)10(2)7-11/h5-8H,4,9H2,1-3H3,(H,18,19). The molecule has 0 aliphatic rings. The van der Waals surface area contributed by atoms with Gasteiger partial charge >= 0.3 is 5.97 Å². The summed E-state index contributed by atoms with van der Waals surface area (Å²) in [6.07, 6.45) is 0.717. The van der Waals surface area contributed by atoms with Gasteiger partial charge in [0.15, 0.2) is 0 Å². The normalized spacial score (nSPS) is 10.6. The number of nitrogens with zero attached hydrogens (tertiary/aromatic N) is 2. The molecule has 0 spiro atoms. The zero-order chi connectivity index (χ0) is 14.7. The number of benzene rings is 1. The highest BCUT2D eigenvalue weighted by Crippen LogP contribution is 2.19. The molecule has 0 aliphatic carbocycles. The molecule has 0 unspecified atom stereocenters. The first-order valence-electron chi connectivity index (χ1n) is 6.48. The van der Waals surface area contributed by atoms with E-state index in [2.05, 4.69) is 5.10 Å². The molecule has 0 amide bonds. The van der Waals surface area contributed by atoms with Gasteiger partial charge in [-0.05, 0) is 36.6 Å². The molecule has 0 atom stereocenters.